The summed E-state index contributed by atoms with van der Waals surface area (Å²) >= 11 is 1.43. The van der Waals surface area contributed by atoms with Gasteiger partial charge in [-0.25, -0.2) is 0 Å². The molecule has 0 spiro atoms. The highest BCUT2D eigenvalue weighted by Crippen LogP contribution is 2.36. The van der Waals surface area contributed by atoms with E-state index in [9.17, 15) is 0 Å². The molecule has 6 nitrogen and oxygen atoms in total. The Morgan fingerprint density at radius 1 is 1.19 bits per heavy atom. The van der Waals surface area contributed by atoms with Gasteiger partial charge in [0.05, 0.1) is 10.6 Å². The van der Waals surface area contributed by atoms with Crippen LogP contribution in [0.2, 0.25) is 0 Å². The first-order valence-electron chi connectivity index (χ1n) is 6.36. The summed E-state index contributed by atoms with van der Waals surface area (Å²) in [6.07, 6.45) is -0.391. The van der Waals surface area contributed by atoms with Crippen molar-refractivity contribution in [3.8, 4) is 23.0 Å². The minimum absolute atomic E-state index is 0.342. The molecule has 0 aliphatic carbocycles. The fourth-order valence-electron chi connectivity index (χ4n) is 2.12. The summed E-state index contributed by atoms with van der Waals surface area (Å²) in [5, 5.41) is 6.50. The highest BCUT2D eigenvalue weighted by molar-refractivity contribution is 7.14. The monoisotopic (exact) mass is 301 g/mol. The molecular formula is C14H11N3O3S. The molecule has 7 heteroatoms. The molecule has 2 N–H and O–H groups in total. The zero-order valence-electron chi connectivity index (χ0n) is 10.9. The fourth-order valence-corrected chi connectivity index (χ4v) is 2.75. The van der Waals surface area contributed by atoms with Crippen LogP contribution in [0.1, 0.15) is 11.9 Å². The Hall–Kier alpha value is -2.54. The number of nitrogen functional groups attached to an aromatic ring is 1. The second-order valence-electron chi connectivity index (χ2n) is 4.52. The van der Waals surface area contributed by atoms with Crippen LogP contribution in [0.3, 0.4) is 0 Å². The molecule has 0 fully saturated rings. The van der Waals surface area contributed by atoms with E-state index in [-0.39, 0.29) is 0 Å². The zero-order valence-corrected chi connectivity index (χ0v) is 11.7. The van der Waals surface area contributed by atoms with E-state index in [1.165, 1.54) is 11.3 Å². The highest BCUT2D eigenvalue weighted by Gasteiger charge is 2.27. The van der Waals surface area contributed by atoms with Crippen LogP contribution < -0.4 is 15.2 Å². The van der Waals surface area contributed by atoms with E-state index in [0.29, 0.717) is 29.1 Å². The van der Waals surface area contributed by atoms with E-state index in [2.05, 4.69) is 10.1 Å². The van der Waals surface area contributed by atoms with Crippen LogP contribution in [0.25, 0.3) is 11.5 Å². The lowest BCUT2D eigenvalue weighted by molar-refractivity contribution is 0.0832. The van der Waals surface area contributed by atoms with Crippen LogP contribution in [-0.4, -0.2) is 16.7 Å². The third kappa shape index (κ3) is 2.11. The Labute approximate surface area is 124 Å². The molecule has 3 heterocycles. The molecule has 4 rings (SSSR count). The SMILES string of the molecule is Nc1sccc1-c1nc(C2COc3ccccc3O2)no1. The summed E-state index contributed by atoms with van der Waals surface area (Å²) < 4.78 is 16.7. The first kappa shape index (κ1) is 12.2. The van der Waals surface area contributed by atoms with Crippen molar-refractivity contribution in [2.75, 3.05) is 12.3 Å². The Bertz CT molecular complexity index is 783. The number of para-hydroxylation sites is 2. The van der Waals surface area contributed by atoms with Gasteiger partial charge < -0.3 is 19.7 Å². The Morgan fingerprint density at radius 2 is 2.05 bits per heavy atom. The van der Waals surface area contributed by atoms with Crippen molar-refractivity contribution in [2.24, 2.45) is 0 Å². The quantitative estimate of drug-likeness (QED) is 0.783. The van der Waals surface area contributed by atoms with Crippen molar-refractivity contribution in [1.29, 1.82) is 0 Å². The zero-order chi connectivity index (χ0) is 14.2. The molecule has 0 amide bonds. The molecule has 1 aliphatic heterocycles. The minimum atomic E-state index is -0.391. The second-order valence-corrected chi connectivity index (χ2v) is 5.47. The topological polar surface area (TPSA) is 83.4 Å². The van der Waals surface area contributed by atoms with Gasteiger partial charge in [-0.1, -0.05) is 17.3 Å². The van der Waals surface area contributed by atoms with Gasteiger partial charge in [0.15, 0.2) is 17.6 Å². The number of rotatable bonds is 2. The molecule has 3 aromatic rings. The average Bonchev–Trinajstić information content (AvgIpc) is 3.15. The molecular weight excluding hydrogens is 290 g/mol. The molecule has 0 bridgehead atoms. The smallest absolute Gasteiger partial charge is 0.261 e. The van der Waals surface area contributed by atoms with E-state index in [1.807, 2.05) is 35.7 Å². The molecule has 106 valence electrons. The Morgan fingerprint density at radius 3 is 2.86 bits per heavy atom. The molecule has 0 radical (unpaired) electrons. The van der Waals surface area contributed by atoms with E-state index in [0.717, 1.165) is 11.3 Å². The van der Waals surface area contributed by atoms with Gasteiger partial charge in [0.2, 0.25) is 5.82 Å². The van der Waals surface area contributed by atoms with Gasteiger partial charge in [-0.15, -0.1) is 11.3 Å². The summed E-state index contributed by atoms with van der Waals surface area (Å²) in [5.74, 6) is 2.24. The van der Waals surface area contributed by atoms with Crippen LogP contribution in [0.5, 0.6) is 11.5 Å². The lowest BCUT2D eigenvalue weighted by Gasteiger charge is -2.24. The highest BCUT2D eigenvalue weighted by atomic mass is 32.1. The van der Waals surface area contributed by atoms with Crippen LogP contribution >= 0.6 is 11.3 Å². The first-order chi connectivity index (χ1) is 10.3. The van der Waals surface area contributed by atoms with Gasteiger partial charge in [-0.05, 0) is 23.6 Å². The van der Waals surface area contributed by atoms with Gasteiger partial charge in [0, 0.05) is 0 Å². The lowest BCUT2D eigenvalue weighted by Crippen LogP contribution is -2.22. The first-order valence-corrected chi connectivity index (χ1v) is 7.24. The minimum Gasteiger partial charge on any atom is -0.485 e. The van der Waals surface area contributed by atoms with Gasteiger partial charge in [-0.3, -0.25) is 0 Å². The number of hydrogen-bond acceptors (Lipinski definition) is 7. The predicted molar refractivity (Wildman–Crippen MR) is 77.3 cm³/mol. The van der Waals surface area contributed by atoms with E-state index < -0.39 is 6.10 Å². The van der Waals surface area contributed by atoms with Gasteiger partial charge >= 0.3 is 0 Å². The normalized spacial score (nSPS) is 16.9. The maximum absolute atomic E-state index is 5.86. The molecule has 1 aromatic carbocycles. The second kappa shape index (κ2) is 4.78. The number of benzene rings is 1. The third-order valence-electron chi connectivity index (χ3n) is 3.16. The van der Waals surface area contributed by atoms with E-state index >= 15 is 0 Å². The number of fused-ring (bicyclic) bond motifs is 1. The number of thiophene rings is 1. The molecule has 0 saturated carbocycles. The van der Waals surface area contributed by atoms with Crippen LogP contribution in [-0.2, 0) is 0 Å². The van der Waals surface area contributed by atoms with Gasteiger partial charge in [-0.2, -0.15) is 4.98 Å². The standard InChI is InChI=1S/C14H11N3O3S/c15-12-8(5-6-21-12)14-16-13(17-20-14)11-7-18-9-3-1-2-4-10(9)19-11/h1-6,11H,7,15H2. The van der Waals surface area contributed by atoms with Crippen molar-refractivity contribution in [1.82, 2.24) is 10.1 Å². The van der Waals surface area contributed by atoms with Crippen LogP contribution in [0.4, 0.5) is 5.00 Å². The van der Waals surface area contributed by atoms with Crippen molar-refractivity contribution < 1.29 is 14.0 Å². The Balaban J connectivity index is 1.61. The molecule has 2 aromatic heterocycles. The molecule has 1 atom stereocenters. The number of aromatic nitrogens is 2. The van der Waals surface area contributed by atoms with E-state index in [1.54, 1.807) is 0 Å². The molecule has 21 heavy (non-hydrogen) atoms. The summed E-state index contributed by atoms with van der Waals surface area (Å²) in [6.45, 7) is 0.342. The summed E-state index contributed by atoms with van der Waals surface area (Å²) in [5.41, 5.74) is 6.60. The van der Waals surface area contributed by atoms with Crippen LogP contribution in [0.15, 0.2) is 40.2 Å². The third-order valence-corrected chi connectivity index (χ3v) is 3.91. The summed E-state index contributed by atoms with van der Waals surface area (Å²) in [7, 11) is 0. The van der Waals surface area contributed by atoms with Crippen molar-refractivity contribution in [2.45, 2.75) is 6.10 Å². The number of ether oxygens (including phenoxy) is 2. The van der Waals surface area contributed by atoms with Crippen molar-refractivity contribution in [3.63, 3.8) is 0 Å². The van der Waals surface area contributed by atoms with E-state index in [4.69, 9.17) is 19.7 Å². The van der Waals surface area contributed by atoms with Gasteiger partial charge in [0.25, 0.3) is 5.89 Å². The summed E-state index contributed by atoms with van der Waals surface area (Å²) in [6, 6.07) is 9.34. The number of nitrogens with zero attached hydrogens (tertiary/aromatic N) is 2. The lowest BCUT2D eigenvalue weighted by atomic mass is 10.2. The predicted octanol–water partition coefficient (Wildman–Crippen LogP) is 2.89. The largest absolute Gasteiger partial charge is 0.485 e. The number of hydrogen-bond donors (Lipinski definition) is 1. The summed E-state index contributed by atoms with van der Waals surface area (Å²) in [4.78, 5) is 4.35. The Kier molecular flexibility index (Phi) is 2.78. The maximum Gasteiger partial charge on any atom is 0.261 e. The maximum atomic E-state index is 5.86. The van der Waals surface area contributed by atoms with Crippen molar-refractivity contribution >= 4 is 16.3 Å². The molecule has 1 unspecified atom stereocenters. The fraction of sp³-hybridized carbons (Fsp3) is 0.143. The molecule has 1 aliphatic rings. The number of anilines is 1. The average molecular weight is 301 g/mol. The molecule has 0 saturated heterocycles. The van der Waals surface area contributed by atoms with Gasteiger partial charge in [0.1, 0.15) is 6.61 Å². The van der Waals surface area contributed by atoms with Crippen LogP contribution in [0, 0.1) is 0 Å². The number of nitrogens with two attached hydrogens (primary N) is 1. The van der Waals surface area contributed by atoms with Crippen molar-refractivity contribution in [3.05, 3.63) is 41.5 Å².